The Bertz CT molecular complexity index is 892. The molecule has 0 atom stereocenters. The topological polar surface area (TPSA) is 65.4 Å². The summed E-state index contributed by atoms with van der Waals surface area (Å²) in [5, 5.41) is 1.75. The minimum Gasteiger partial charge on any atom is -0.457 e. The van der Waals surface area contributed by atoms with Gasteiger partial charge in [0.05, 0.1) is 6.42 Å². The predicted octanol–water partition coefficient (Wildman–Crippen LogP) is 3.58. The van der Waals surface area contributed by atoms with E-state index < -0.39 is 5.97 Å². The molecule has 1 aromatic carbocycles. The second-order valence-corrected chi connectivity index (χ2v) is 7.45. The molecule has 0 spiro atoms. The standard InChI is InChI=1S/C20H25NO4S/c1-11-10-26-20(24)21(11)8-7-18(23)25-9-17(22)19-15(5)13(3)12(2)14(4)16(19)6/h10H,7-9H2,1-6H3. The third kappa shape index (κ3) is 3.96. The highest BCUT2D eigenvalue weighted by Crippen LogP contribution is 2.26. The molecule has 0 bridgehead atoms. The fourth-order valence-electron chi connectivity index (χ4n) is 3.09. The lowest BCUT2D eigenvalue weighted by Gasteiger charge is -2.17. The minimum absolute atomic E-state index is 0.0642. The maximum atomic E-state index is 12.6. The number of benzene rings is 1. The molecular weight excluding hydrogens is 350 g/mol. The summed E-state index contributed by atoms with van der Waals surface area (Å²) in [4.78, 5) is 36.1. The third-order valence-corrected chi connectivity index (χ3v) is 6.04. The van der Waals surface area contributed by atoms with Crippen LogP contribution >= 0.6 is 11.3 Å². The molecule has 1 heterocycles. The van der Waals surface area contributed by atoms with Gasteiger partial charge in [0, 0.05) is 23.2 Å². The maximum absolute atomic E-state index is 12.6. The lowest BCUT2D eigenvalue weighted by molar-refractivity contribution is -0.142. The zero-order valence-electron chi connectivity index (χ0n) is 16.2. The van der Waals surface area contributed by atoms with Crippen LogP contribution in [0.4, 0.5) is 0 Å². The maximum Gasteiger partial charge on any atom is 0.308 e. The molecular formula is C20H25NO4S. The molecule has 0 saturated heterocycles. The van der Waals surface area contributed by atoms with Gasteiger partial charge in [-0.2, -0.15) is 0 Å². The SMILES string of the molecule is Cc1c(C)c(C)c(C(=O)COC(=O)CCn2c(C)csc2=O)c(C)c1C. The van der Waals surface area contributed by atoms with Crippen LogP contribution in [0, 0.1) is 41.5 Å². The summed E-state index contributed by atoms with van der Waals surface area (Å²) in [6, 6.07) is 0. The number of ether oxygens (including phenoxy) is 1. The van der Waals surface area contributed by atoms with Gasteiger partial charge in [0.1, 0.15) is 0 Å². The lowest BCUT2D eigenvalue weighted by atomic mass is 9.88. The Kier molecular flexibility index (Phi) is 6.18. The molecule has 2 rings (SSSR count). The lowest BCUT2D eigenvalue weighted by Crippen LogP contribution is -2.21. The molecule has 0 unspecified atom stereocenters. The van der Waals surface area contributed by atoms with E-state index in [2.05, 4.69) is 0 Å². The van der Waals surface area contributed by atoms with Crippen molar-refractivity contribution in [1.29, 1.82) is 0 Å². The van der Waals surface area contributed by atoms with E-state index >= 15 is 0 Å². The number of hydrogen-bond acceptors (Lipinski definition) is 5. The summed E-state index contributed by atoms with van der Waals surface area (Å²) in [5.74, 6) is -0.671. The van der Waals surface area contributed by atoms with Crippen LogP contribution < -0.4 is 4.87 Å². The molecule has 0 amide bonds. The largest absolute Gasteiger partial charge is 0.457 e. The monoisotopic (exact) mass is 375 g/mol. The highest BCUT2D eigenvalue weighted by molar-refractivity contribution is 7.07. The average Bonchev–Trinajstić information content (AvgIpc) is 2.92. The first-order valence-electron chi connectivity index (χ1n) is 8.55. The van der Waals surface area contributed by atoms with Crippen molar-refractivity contribution < 1.29 is 14.3 Å². The zero-order chi connectivity index (χ0) is 19.6. The van der Waals surface area contributed by atoms with Crippen molar-refractivity contribution in [3.05, 3.63) is 54.1 Å². The Hall–Kier alpha value is -2.21. The average molecular weight is 375 g/mol. The number of aromatic nitrogens is 1. The van der Waals surface area contributed by atoms with Gasteiger partial charge in [-0.15, -0.1) is 0 Å². The molecule has 0 fully saturated rings. The van der Waals surface area contributed by atoms with Gasteiger partial charge < -0.3 is 9.30 Å². The van der Waals surface area contributed by atoms with E-state index in [0.717, 1.165) is 39.3 Å². The van der Waals surface area contributed by atoms with E-state index in [9.17, 15) is 14.4 Å². The Morgan fingerprint density at radius 3 is 2.00 bits per heavy atom. The van der Waals surface area contributed by atoms with Gasteiger partial charge in [0.25, 0.3) is 0 Å². The summed E-state index contributed by atoms with van der Waals surface area (Å²) in [6.07, 6.45) is 0.0642. The Morgan fingerprint density at radius 1 is 0.962 bits per heavy atom. The Labute approximate surface area is 157 Å². The number of Topliss-reactive ketones (excluding diaryl/α,β-unsaturated/α-hetero) is 1. The van der Waals surface area contributed by atoms with E-state index in [1.807, 2.05) is 41.5 Å². The fraction of sp³-hybridized carbons (Fsp3) is 0.450. The van der Waals surface area contributed by atoms with Crippen molar-refractivity contribution in [2.24, 2.45) is 0 Å². The summed E-state index contributed by atoms with van der Waals surface area (Å²) in [5.41, 5.74) is 6.71. The summed E-state index contributed by atoms with van der Waals surface area (Å²) < 4.78 is 6.69. The van der Waals surface area contributed by atoms with Crippen LogP contribution in [0.3, 0.4) is 0 Å². The van der Waals surface area contributed by atoms with E-state index in [4.69, 9.17) is 4.74 Å². The first-order valence-corrected chi connectivity index (χ1v) is 9.43. The molecule has 0 N–H and O–H groups in total. The molecule has 5 nitrogen and oxygen atoms in total. The van der Waals surface area contributed by atoms with Crippen LogP contribution in [-0.4, -0.2) is 22.9 Å². The second kappa shape index (κ2) is 7.99. The molecule has 6 heteroatoms. The van der Waals surface area contributed by atoms with Gasteiger partial charge in [-0.25, -0.2) is 0 Å². The quantitative estimate of drug-likeness (QED) is 0.572. The second-order valence-electron chi connectivity index (χ2n) is 6.63. The molecule has 0 aliphatic carbocycles. The van der Waals surface area contributed by atoms with Crippen LogP contribution in [-0.2, 0) is 16.1 Å². The van der Waals surface area contributed by atoms with Crippen LogP contribution in [0.25, 0.3) is 0 Å². The van der Waals surface area contributed by atoms with E-state index in [1.165, 1.54) is 10.1 Å². The molecule has 0 aliphatic rings. The van der Waals surface area contributed by atoms with Crippen molar-refractivity contribution >= 4 is 23.1 Å². The van der Waals surface area contributed by atoms with Crippen LogP contribution in [0.2, 0.25) is 0 Å². The number of nitrogens with zero attached hydrogens (tertiary/aromatic N) is 1. The van der Waals surface area contributed by atoms with Crippen molar-refractivity contribution in [3.8, 4) is 0 Å². The van der Waals surface area contributed by atoms with Gasteiger partial charge in [-0.05, 0) is 69.4 Å². The molecule has 0 radical (unpaired) electrons. The fourth-order valence-corrected chi connectivity index (χ4v) is 3.85. The predicted molar refractivity (Wildman–Crippen MR) is 103 cm³/mol. The number of rotatable bonds is 6. The Balaban J connectivity index is 2.03. The number of carbonyl (C=O) groups is 2. The first-order chi connectivity index (χ1) is 12.1. The van der Waals surface area contributed by atoms with Crippen molar-refractivity contribution in [2.75, 3.05) is 6.61 Å². The first kappa shape index (κ1) is 20.1. The van der Waals surface area contributed by atoms with E-state index in [-0.39, 0.29) is 30.2 Å². The number of esters is 1. The summed E-state index contributed by atoms with van der Waals surface area (Å²) in [6.45, 7) is 11.7. The zero-order valence-corrected chi connectivity index (χ0v) is 17.0. The highest BCUT2D eigenvalue weighted by Gasteiger charge is 2.19. The van der Waals surface area contributed by atoms with Crippen molar-refractivity contribution in [3.63, 3.8) is 0 Å². The molecule has 0 saturated carbocycles. The smallest absolute Gasteiger partial charge is 0.308 e. The van der Waals surface area contributed by atoms with Crippen LogP contribution in [0.5, 0.6) is 0 Å². The highest BCUT2D eigenvalue weighted by atomic mass is 32.1. The van der Waals surface area contributed by atoms with Crippen LogP contribution in [0.1, 0.15) is 50.3 Å². The van der Waals surface area contributed by atoms with Gasteiger partial charge in [-0.1, -0.05) is 11.3 Å². The molecule has 0 aliphatic heterocycles. The number of aryl methyl sites for hydroxylation is 1. The van der Waals surface area contributed by atoms with E-state index in [1.54, 1.807) is 5.38 Å². The normalized spacial score (nSPS) is 10.8. The van der Waals surface area contributed by atoms with Gasteiger partial charge in [0.15, 0.2) is 6.61 Å². The molecule has 1 aromatic heterocycles. The van der Waals surface area contributed by atoms with Crippen molar-refractivity contribution in [1.82, 2.24) is 4.57 Å². The molecule has 26 heavy (non-hydrogen) atoms. The molecule has 2 aromatic rings. The van der Waals surface area contributed by atoms with Gasteiger partial charge in [0.2, 0.25) is 5.78 Å². The number of thiazole rings is 1. The van der Waals surface area contributed by atoms with Gasteiger partial charge >= 0.3 is 10.8 Å². The molecule has 140 valence electrons. The number of ketones is 1. The summed E-state index contributed by atoms with van der Waals surface area (Å²) >= 11 is 1.11. The number of carbonyl (C=O) groups excluding carboxylic acids is 2. The minimum atomic E-state index is -0.480. The Morgan fingerprint density at radius 2 is 1.50 bits per heavy atom. The van der Waals surface area contributed by atoms with Gasteiger partial charge in [-0.3, -0.25) is 14.4 Å². The number of hydrogen-bond donors (Lipinski definition) is 0. The van der Waals surface area contributed by atoms with Crippen molar-refractivity contribution in [2.45, 2.75) is 54.5 Å². The van der Waals surface area contributed by atoms with E-state index in [0.29, 0.717) is 5.56 Å². The third-order valence-electron chi connectivity index (χ3n) is 5.16. The summed E-state index contributed by atoms with van der Waals surface area (Å²) in [7, 11) is 0. The van der Waals surface area contributed by atoms with Crippen LogP contribution in [0.15, 0.2) is 10.2 Å².